The summed E-state index contributed by atoms with van der Waals surface area (Å²) >= 11 is 0. The van der Waals surface area contributed by atoms with Crippen molar-refractivity contribution in [3.63, 3.8) is 0 Å². The fraction of sp³-hybridized carbons (Fsp3) is 0.316. The van der Waals surface area contributed by atoms with Gasteiger partial charge in [0.25, 0.3) is 0 Å². The van der Waals surface area contributed by atoms with E-state index in [2.05, 4.69) is 9.61 Å². The lowest BCUT2D eigenvalue weighted by Gasteiger charge is -2.24. The summed E-state index contributed by atoms with van der Waals surface area (Å²) in [5.74, 6) is -14.6. The molecule has 0 fully saturated rings. The molecule has 0 radical (unpaired) electrons. The highest BCUT2D eigenvalue weighted by molar-refractivity contribution is 7.52. The molecule has 6 nitrogen and oxygen atoms in total. The summed E-state index contributed by atoms with van der Waals surface area (Å²) in [4.78, 5) is 12.1. The van der Waals surface area contributed by atoms with Crippen molar-refractivity contribution in [2.24, 2.45) is 0 Å². The maximum Gasteiger partial charge on any atom is 0.513 e. The van der Waals surface area contributed by atoms with Crippen LogP contribution in [0.15, 0.2) is 30.3 Å². The van der Waals surface area contributed by atoms with E-state index < -0.39 is 60.7 Å². The summed E-state index contributed by atoms with van der Waals surface area (Å²) in [6.07, 6.45) is -0.0280. The molecular formula is C19H19F5NO5P. The number of esters is 1. The van der Waals surface area contributed by atoms with Crippen LogP contribution in [-0.4, -0.2) is 18.1 Å². The number of carbonyl (C=O) groups excluding carboxylic acids is 1. The predicted octanol–water partition coefficient (Wildman–Crippen LogP) is 5.27. The highest BCUT2D eigenvalue weighted by Crippen LogP contribution is 2.47. The summed E-state index contributed by atoms with van der Waals surface area (Å²) < 4.78 is 96.4. The Bertz CT molecular complexity index is 962. The van der Waals surface area contributed by atoms with E-state index in [9.17, 15) is 31.3 Å². The van der Waals surface area contributed by atoms with Crippen LogP contribution in [0.3, 0.4) is 0 Å². The van der Waals surface area contributed by atoms with Gasteiger partial charge in [-0.3, -0.25) is 4.79 Å². The third-order valence-electron chi connectivity index (χ3n) is 3.95. The van der Waals surface area contributed by atoms with Crippen LogP contribution in [0.25, 0.3) is 0 Å². The normalized spacial score (nSPS) is 15.0. The van der Waals surface area contributed by atoms with E-state index in [-0.39, 0.29) is 5.75 Å². The Hall–Kier alpha value is -2.65. The van der Waals surface area contributed by atoms with Gasteiger partial charge in [0.15, 0.2) is 0 Å². The average molecular weight is 467 g/mol. The smallest absolute Gasteiger partial charge is 0.462 e. The number of rotatable bonds is 9. The largest absolute Gasteiger partial charge is 0.513 e. The molecule has 2 aromatic rings. The number of benzene rings is 2. The third kappa shape index (κ3) is 5.95. The minimum absolute atomic E-state index is 0.135. The zero-order valence-electron chi connectivity index (χ0n) is 16.6. The quantitative estimate of drug-likeness (QED) is 0.178. The van der Waals surface area contributed by atoms with E-state index in [1.807, 2.05) is 0 Å². The maximum atomic E-state index is 14.0. The first-order valence-corrected chi connectivity index (χ1v) is 10.6. The molecule has 0 saturated carbocycles. The SMILES string of the molecule is CCC(C)OC(=O)C(C)N[P@](=O)(Oc1ccccc1)Oc1c(F)c(F)c(F)c(F)c1F. The topological polar surface area (TPSA) is 73.9 Å². The van der Waals surface area contributed by atoms with E-state index in [1.54, 1.807) is 19.9 Å². The zero-order valence-corrected chi connectivity index (χ0v) is 17.5. The predicted molar refractivity (Wildman–Crippen MR) is 100.0 cm³/mol. The van der Waals surface area contributed by atoms with Gasteiger partial charge in [0.05, 0.1) is 6.10 Å². The number of nitrogens with one attached hydrogen (secondary N) is 1. The summed E-state index contributed by atoms with van der Waals surface area (Å²) in [5, 5.41) is 2.09. The minimum Gasteiger partial charge on any atom is -0.462 e. The van der Waals surface area contributed by atoms with E-state index >= 15 is 0 Å². The Balaban J connectivity index is 2.42. The minimum atomic E-state index is -4.92. The van der Waals surface area contributed by atoms with Gasteiger partial charge in [0, 0.05) is 0 Å². The van der Waals surface area contributed by atoms with Gasteiger partial charge in [-0.05, 0) is 32.4 Å². The number of hydrogen-bond acceptors (Lipinski definition) is 5. The number of carbonyl (C=O) groups is 1. The second-order valence-electron chi connectivity index (χ2n) is 6.40. The van der Waals surface area contributed by atoms with Gasteiger partial charge in [-0.2, -0.15) is 13.9 Å². The molecule has 31 heavy (non-hydrogen) atoms. The Morgan fingerprint density at radius 2 is 1.45 bits per heavy atom. The van der Waals surface area contributed by atoms with Crippen molar-refractivity contribution in [1.82, 2.24) is 5.09 Å². The molecule has 3 atom stereocenters. The monoisotopic (exact) mass is 467 g/mol. The second-order valence-corrected chi connectivity index (χ2v) is 8.02. The molecule has 170 valence electrons. The fourth-order valence-electron chi connectivity index (χ4n) is 2.15. The third-order valence-corrected chi connectivity index (χ3v) is 5.52. The molecule has 0 bridgehead atoms. The van der Waals surface area contributed by atoms with E-state index in [0.717, 1.165) is 0 Å². The van der Waals surface area contributed by atoms with Gasteiger partial charge in [0.2, 0.25) is 34.8 Å². The zero-order chi connectivity index (χ0) is 23.3. The number of para-hydroxylation sites is 1. The number of halogens is 5. The van der Waals surface area contributed by atoms with Crippen LogP contribution < -0.4 is 14.1 Å². The standard InChI is InChI=1S/C19H19F5NO5P/c1-4-10(2)28-19(26)11(3)25-31(27,29-12-8-6-5-7-9-12)30-18-16(23)14(21)13(20)15(22)17(18)24/h5-11H,4H2,1-3H3,(H,25,27)/t10?,11?,31-/m0/s1. The molecular weight excluding hydrogens is 448 g/mol. The van der Waals surface area contributed by atoms with Gasteiger partial charge in [-0.25, -0.2) is 17.7 Å². The van der Waals surface area contributed by atoms with E-state index in [1.165, 1.54) is 31.2 Å². The molecule has 2 unspecified atom stereocenters. The summed E-state index contributed by atoms with van der Waals surface area (Å²) in [6, 6.07) is 5.67. The van der Waals surface area contributed by atoms with Crippen molar-refractivity contribution in [2.45, 2.75) is 39.3 Å². The van der Waals surface area contributed by atoms with Crippen LogP contribution >= 0.6 is 7.75 Å². The summed E-state index contributed by atoms with van der Waals surface area (Å²) in [6.45, 7) is 4.52. The molecule has 2 rings (SSSR count). The maximum absolute atomic E-state index is 14.0. The lowest BCUT2D eigenvalue weighted by molar-refractivity contribution is -0.150. The molecule has 0 heterocycles. The van der Waals surface area contributed by atoms with E-state index in [4.69, 9.17) is 9.26 Å². The van der Waals surface area contributed by atoms with Gasteiger partial charge in [-0.15, -0.1) is 0 Å². The fourth-order valence-corrected chi connectivity index (χ4v) is 3.67. The first kappa shape index (κ1) is 24.6. The van der Waals surface area contributed by atoms with Crippen molar-refractivity contribution >= 4 is 13.7 Å². The van der Waals surface area contributed by atoms with Crippen LogP contribution in [0.1, 0.15) is 27.2 Å². The molecule has 0 aliphatic carbocycles. The highest BCUT2D eigenvalue weighted by Gasteiger charge is 2.38. The van der Waals surface area contributed by atoms with Gasteiger partial charge >= 0.3 is 13.7 Å². The Kier molecular flexibility index (Phi) is 8.02. The van der Waals surface area contributed by atoms with E-state index in [0.29, 0.717) is 6.42 Å². The van der Waals surface area contributed by atoms with Gasteiger partial charge in [-0.1, -0.05) is 25.1 Å². The lowest BCUT2D eigenvalue weighted by Crippen LogP contribution is -2.37. The van der Waals surface area contributed by atoms with Crippen molar-refractivity contribution < 1.29 is 45.1 Å². The van der Waals surface area contributed by atoms with Crippen LogP contribution in [-0.2, 0) is 14.1 Å². The van der Waals surface area contributed by atoms with Crippen molar-refractivity contribution in [3.05, 3.63) is 59.4 Å². The van der Waals surface area contributed by atoms with Gasteiger partial charge < -0.3 is 13.8 Å². The Morgan fingerprint density at radius 3 is 1.97 bits per heavy atom. The molecule has 0 aliphatic heterocycles. The molecule has 0 aliphatic rings. The number of ether oxygens (including phenoxy) is 1. The Morgan fingerprint density at radius 1 is 0.935 bits per heavy atom. The molecule has 12 heteroatoms. The van der Waals surface area contributed by atoms with Crippen molar-refractivity contribution in [1.29, 1.82) is 0 Å². The van der Waals surface area contributed by atoms with Crippen LogP contribution in [0.2, 0.25) is 0 Å². The molecule has 0 spiro atoms. The molecule has 0 saturated heterocycles. The summed E-state index contributed by atoms with van der Waals surface area (Å²) in [5.41, 5.74) is 0. The van der Waals surface area contributed by atoms with Gasteiger partial charge in [0.1, 0.15) is 11.8 Å². The first-order chi connectivity index (χ1) is 14.5. The van der Waals surface area contributed by atoms with Crippen LogP contribution in [0.5, 0.6) is 11.5 Å². The van der Waals surface area contributed by atoms with Crippen molar-refractivity contribution in [3.8, 4) is 11.5 Å². The lowest BCUT2D eigenvalue weighted by atomic mass is 10.3. The number of hydrogen-bond donors (Lipinski definition) is 1. The molecule has 0 aromatic heterocycles. The Labute approximate surface area is 174 Å². The average Bonchev–Trinajstić information content (AvgIpc) is 2.74. The second kappa shape index (κ2) is 10.1. The first-order valence-electron chi connectivity index (χ1n) is 9.03. The molecule has 1 N–H and O–H groups in total. The molecule has 2 aromatic carbocycles. The van der Waals surface area contributed by atoms with Crippen LogP contribution in [0.4, 0.5) is 22.0 Å². The highest BCUT2D eigenvalue weighted by atomic mass is 31.2. The summed E-state index contributed by atoms with van der Waals surface area (Å²) in [7, 11) is -4.92. The molecule has 0 amide bonds. The van der Waals surface area contributed by atoms with Crippen molar-refractivity contribution in [2.75, 3.05) is 0 Å². The van der Waals surface area contributed by atoms with Crippen LogP contribution in [0, 0.1) is 29.1 Å².